The number of hydrogen-bond acceptors (Lipinski definition) is 26. The maximum absolute atomic E-state index is 16.0. The standard InChI is InChI=1S/C96H135N23O22S/c1-12-14-24-73-88(133)106-64(37-52(3)4)85(130)112-71(83(128)102-46-78(99)123)50-142-51-79(124)104-67(39-55-28-30-58(120)31-29-55)91(136)114(8)54(7)82(127)108-69(43-77(98)122)93(138)118-36-20-27-74(118)89(134)111-70(45-103-96-100-35-33-80(113-96)141-11)87(132)109-66(38-53(5)6)94(139)119-48-59(121)42-76(119)90(135)107-65(40-56-44-101-62-23-18-16-21-60(56)62)86(131)105-63(32-34-97)84(129)110-68(92(137)116(10)75(25-15-13-2)95(140)115(73)9)41-57-47-117(49-81(125)126)72-26-19-17-22-61(57)72/h16-19,21-23,26,28-31,33,35,44,47,52-54,59,63-71,73-76,101,120-121H,12-15,20,24-25,27,32,34,36-43,45-46,48-51,97H2,1-11H3,(H2,98,122)(H2,99,123)(H,102,128)(H,104,124)(H,105,131)(H,106,133)(H,107,135)(H,108,127)(H,109,132)(H,110,129)(H,111,134)(H,112,130)(H,125,126)(H,100,103,113)/t54-,59+,63-,64-,65-,66-,67-,68-,69-,70-,71-,73-,74-,75-,76-/m0/s1. The summed E-state index contributed by atoms with van der Waals surface area (Å²) in [5.74, 6) is -19.1. The number of para-hydroxylation sites is 2. The lowest BCUT2D eigenvalue weighted by atomic mass is 9.99. The topological polar surface area (TPSA) is 650 Å². The van der Waals surface area contributed by atoms with Crippen LogP contribution in [0.25, 0.3) is 21.8 Å². The number of carboxylic acid groups (broad SMARTS) is 1. The highest BCUT2D eigenvalue weighted by atomic mass is 32.2. The van der Waals surface area contributed by atoms with Gasteiger partial charge < -0.3 is 130 Å². The quantitative estimate of drug-likeness (QED) is 0.0260. The number of carbonyl (C=O) groups excluding carboxylic acids is 17. The van der Waals surface area contributed by atoms with Crippen molar-refractivity contribution in [1.82, 2.24) is 97.2 Å². The van der Waals surface area contributed by atoms with E-state index in [1.165, 1.54) is 82.5 Å². The van der Waals surface area contributed by atoms with E-state index in [2.05, 4.69) is 73.4 Å². The molecule has 3 aromatic heterocycles. The van der Waals surface area contributed by atoms with E-state index in [4.69, 9.17) is 21.9 Å². The monoisotopic (exact) mass is 1990 g/mol. The normalized spacial score (nSPS) is 24.1. The van der Waals surface area contributed by atoms with Gasteiger partial charge in [-0.05, 0) is 111 Å². The number of aliphatic hydroxyl groups excluding tert-OH is 1. The SMILES string of the molecule is CCCC[C@H]1C(=O)N(C)[C@@H](CCCC)C(=O)N[C@@H](CC(C)C)C(=O)N[C@H](C(=O)NCC(N)=O)CSCC(=O)N[C@@H](Cc2ccc(O)cc2)C(=O)N(C)[C@@H](C)C(=O)N[C@@H](CC(N)=O)C(=O)N2CCC[C@H]2C(=O)N[C@@H](CNc2nccc(OC)n2)C(=O)N[C@@H](CC(C)C)C(=O)N2C[C@H](O)C[C@H]2C(=O)N[C@@H](Cc2c[nH]c3ccccc23)C(=O)N[C@@H](CCN)C(=O)N[C@@H](Cc2cn(CC(=O)O)c3ccccc23)C(=O)N1C. The van der Waals surface area contributed by atoms with Crippen LogP contribution in [0.1, 0.15) is 149 Å². The number of anilines is 1. The van der Waals surface area contributed by atoms with Gasteiger partial charge in [0, 0.05) is 119 Å². The van der Waals surface area contributed by atoms with Crippen LogP contribution in [-0.2, 0) is 112 Å². The molecule has 15 atom stereocenters. The second-order valence-electron chi connectivity index (χ2n) is 36.9. The zero-order valence-electron chi connectivity index (χ0n) is 81.8. The molecule has 45 nitrogen and oxygen atoms in total. The molecule has 142 heavy (non-hydrogen) atoms. The van der Waals surface area contributed by atoms with Crippen molar-refractivity contribution in [2.45, 2.75) is 248 Å². The Morgan fingerprint density at radius 2 is 1.15 bits per heavy atom. The molecule has 0 bridgehead atoms. The number of aliphatic carboxylic acids is 1. The Labute approximate surface area is 826 Å². The summed E-state index contributed by atoms with van der Waals surface area (Å²) in [5, 5.41) is 62.8. The molecular formula is C96H135N23O22S. The molecule has 772 valence electrons. The number of carboxylic acids is 1. The molecule has 17 amide bonds. The molecule has 3 aliphatic rings. The minimum atomic E-state index is -1.81. The summed E-state index contributed by atoms with van der Waals surface area (Å²) in [5.41, 5.74) is 19.8. The van der Waals surface area contributed by atoms with Crippen molar-refractivity contribution in [1.29, 1.82) is 0 Å². The first-order valence-electron chi connectivity index (χ1n) is 47.7. The summed E-state index contributed by atoms with van der Waals surface area (Å²) in [6.07, 6.45) is 1.99. The number of phenols is 1. The number of phenolic OH excluding ortho intramolecular Hbond substituents is 1. The molecular weight excluding hydrogens is 1860 g/mol. The molecule has 3 fully saturated rings. The van der Waals surface area contributed by atoms with E-state index in [0.717, 1.165) is 36.3 Å². The number of aromatic hydroxyl groups is 1. The van der Waals surface area contributed by atoms with Crippen LogP contribution in [0.2, 0.25) is 0 Å². The summed E-state index contributed by atoms with van der Waals surface area (Å²) in [7, 11) is 5.25. The van der Waals surface area contributed by atoms with Crippen molar-refractivity contribution in [2.24, 2.45) is 29.0 Å². The Kier molecular flexibility index (Phi) is 41.6. The minimum absolute atomic E-state index is 0.00384. The van der Waals surface area contributed by atoms with Crippen LogP contribution in [0.3, 0.4) is 0 Å². The first-order valence-corrected chi connectivity index (χ1v) is 48.8. The largest absolute Gasteiger partial charge is 0.508 e. The number of rotatable bonds is 29. The van der Waals surface area contributed by atoms with E-state index in [9.17, 15) is 53.7 Å². The smallest absolute Gasteiger partial charge is 0.323 e. The third-order valence-corrected chi connectivity index (χ3v) is 26.2. The number of hydrogen-bond donors (Lipinski definition) is 18. The van der Waals surface area contributed by atoms with Gasteiger partial charge in [-0.1, -0.05) is 116 Å². The van der Waals surface area contributed by atoms with E-state index in [1.54, 1.807) is 82.4 Å². The average molecular weight is 2000 g/mol. The molecule has 3 aliphatic heterocycles. The van der Waals surface area contributed by atoms with Gasteiger partial charge in [0.1, 0.15) is 96.9 Å². The fourth-order valence-corrected chi connectivity index (χ4v) is 18.4. The number of likely N-dealkylation sites (N-methyl/N-ethyl adjacent to an activating group) is 3. The molecule has 0 aliphatic carbocycles. The van der Waals surface area contributed by atoms with E-state index in [0.29, 0.717) is 64.2 Å². The van der Waals surface area contributed by atoms with Crippen molar-refractivity contribution in [3.8, 4) is 11.6 Å². The molecule has 0 radical (unpaired) electrons. The number of ether oxygens (including phenoxy) is 1. The lowest BCUT2D eigenvalue weighted by molar-refractivity contribution is -0.149. The Balaban J connectivity index is 1.13. The number of nitrogens with one attached hydrogen (secondary N) is 12. The van der Waals surface area contributed by atoms with Crippen LogP contribution >= 0.6 is 11.8 Å². The number of nitrogens with two attached hydrogens (primary N) is 3. The Morgan fingerprint density at radius 3 is 1.82 bits per heavy atom. The number of fused-ring (bicyclic) bond motifs is 4. The number of carbonyl (C=O) groups is 18. The molecule has 0 saturated carbocycles. The van der Waals surface area contributed by atoms with Crippen LogP contribution in [0.5, 0.6) is 11.6 Å². The number of aromatic nitrogens is 4. The number of benzene rings is 3. The number of methoxy groups -OCH3 is 1. The summed E-state index contributed by atoms with van der Waals surface area (Å²) in [4.78, 5) is 282. The third-order valence-electron chi connectivity index (χ3n) is 25.1. The number of thioether (sulfide) groups is 1. The molecule has 21 N–H and O–H groups in total. The van der Waals surface area contributed by atoms with Crippen molar-refractivity contribution in [2.75, 3.05) is 77.8 Å². The molecule has 3 saturated heterocycles. The van der Waals surface area contributed by atoms with Gasteiger partial charge in [-0.3, -0.25) is 86.3 Å². The first kappa shape index (κ1) is 112. The zero-order chi connectivity index (χ0) is 104. The lowest BCUT2D eigenvalue weighted by Crippen LogP contribution is -2.61. The molecule has 9 rings (SSSR count). The van der Waals surface area contributed by atoms with Crippen molar-refractivity contribution < 1.29 is 106 Å². The van der Waals surface area contributed by atoms with Gasteiger partial charge in [0.25, 0.3) is 0 Å². The number of aromatic amines is 1. The maximum atomic E-state index is 16.0. The lowest BCUT2D eigenvalue weighted by Gasteiger charge is -2.36. The number of primary amides is 2. The number of aliphatic hydroxyl groups is 1. The Hall–Kier alpha value is -14.1. The summed E-state index contributed by atoms with van der Waals surface area (Å²) in [6.45, 7) is 9.22. The van der Waals surface area contributed by atoms with E-state index >= 15 is 47.9 Å². The highest BCUT2D eigenvalue weighted by Gasteiger charge is 2.47. The molecule has 6 heterocycles. The average Bonchev–Trinajstić information content (AvgIpc) is 1.63. The number of amides is 17. The van der Waals surface area contributed by atoms with Gasteiger partial charge in [-0.2, -0.15) is 4.98 Å². The fraction of sp³-hybridized carbons (Fsp3) is 0.542. The number of H-pyrrole nitrogens is 1. The maximum Gasteiger partial charge on any atom is 0.323 e. The van der Waals surface area contributed by atoms with Gasteiger partial charge in [-0.15, -0.1) is 11.8 Å². The van der Waals surface area contributed by atoms with Gasteiger partial charge in [0.05, 0.1) is 31.9 Å². The van der Waals surface area contributed by atoms with E-state index in [1.807, 2.05) is 13.8 Å². The van der Waals surface area contributed by atoms with Crippen LogP contribution in [0.4, 0.5) is 5.95 Å². The fourth-order valence-electron chi connectivity index (χ4n) is 17.5. The van der Waals surface area contributed by atoms with Gasteiger partial charge in [0.15, 0.2) is 0 Å². The van der Waals surface area contributed by atoms with Gasteiger partial charge in [-0.25, -0.2) is 4.98 Å². The predicted octanol–water partition coefficient (Wildman–Crippen LogP) is -1.29. The molecule has 0 spiro atoms. The van der Waals surface area contributed by atoms with Crippen molar-refractivity contribution >= 4 is 146 Å². The third kappa shape index (κ3) is 31.0. The van der Waals surface area contributed by atoms with Crippen molar-refractivity contribution in [3.63, 3.8) is 0 Å². The van der Waals surface area contributed by atoms with Crippen LogP contribution < -0.4 is 80.4 Å². The molecule has 46 heteroatoms. The van der Waals surface area contributed by atoms with Crippen LogP contribution in [0, 0.1) is 11.8 Å². The Morgan fingerprint density at radius 1 is 0.585 bits per heavy atom. The first-order chi connectivity index (χ1) is 67.5. The zero-order valence-corrected chi connectivity index (χ0v) is 82.7. The Bertz CT molecular complexity index is 5500. The van der Waals surface area contributed by atoms with Crippen molar-refractivity contribution in [3.05, 3.63) is 114 Å². The second kappa shape index (κ2) is 53.0. The summed E-state index contributed by atoms with van der Waals surface area (Å²) in [6, 6.07) is -1.16. The van der Waals surface area contributed by atoms with E-state index < -0.39 is 254 Å². The molecule has 3 aromatic carbocycles. The van der Waals surface area contributed by atoms with Crippen LogP contribution in [-0.4, -0.2) is 329 Å². The number of nitrogens with zero attached hydrogens (tertiary/aromatic N) is 8. The number of unbranched alkanes of at least 4 members (excludes halogenated alkanes) is 2. The second-order valence-corrected chi connectivity index (χ2v) is 37.9. The van der Waals surface area contributed by atoms with E-state index in [-0.39, 0.29) is 101 Å². The van der Waals surface area contributed by atoms with Gasteiger partial charge >= 0.3 is 5.97 Å². The predicted molar refractivity (Wildman–Crippen MR) is 523 cm³/mol. The minimum Gasteiger partial charge on any atom is -0.508 e. The highest BCUT2D eigenvalue weighted by Crippen LogP contribution is 2.29. The molecule has 0 unspecified atom stereocenters. The summed E-state index contributed by atoms with van der Waals surface area (Å²) < 4.78 is 6.74. The van der Waals surface area contributed by atoms with Gasteiger partial charge in [0.2, 0.25) is 112 Å². The highest BCUT2D eigenvalue weighted by molar-refractivity contribution is 8.00. The van der Waals surface area contributed by atoms with Crippen LogP contribution in [0.15, 0.2) is 97.5 Å². The summed E-state index contributed by atoms with van der Waals surface area (Å²) >= 11 is 0.781. The molecule has 6 aromatic rings.